The van der Waals surface area contributed by atoms with E-state index in [2.05, 4.69) is 43.0 Å². The number of fused-ring (bicyclic) bond motifs is 5. The average molecular weight is 416 g/mol. The summed E-state index contributed by atoms with van der Waals surface area (Å²) in [7, 11) is 1.88. The summed E-state index contributed by atoms with van der Waals surface area (Å²) in [4.78, 5) is 27.7. The zero-order valence-corrected chi connectivity index (χ0v) is 17.9. The lowest BCUT2D eigenvalue weighted by atomic mass is 9.77. The number of carboxylic acids is 1. The van der Waals surface area contributed by atoms with Crippen molar-refractivity contribution < 1.29 is 9.90 Å². The Bertz CT molecular complexity index is 1420. The molecule has 0 aliphatic carbocycles. The van der Waals surface area contributed by atoms with Gasteiger partial charge in [0.2, 0.25) is 0 Å². The summed E-state index contributed by atoms with van der Waals surface area (Å²) in [6.07, 6.45) is 6.08. The number of H-pyrrole nitrogens is 1. The summed E-state index contributed by atoms with van der Waals surface area (Å²) in [5.41, 5.74) is 4.85. The first-order chi connectivity index (χ1) is 14.6. The number of aryl methyl sites for hydroxylation is 1. The monoisotopic (exact) mass is 416 g/mol. The number of carbonyl (C=O) groups is 1. The van der Waals surface area contributed by atoms with Crippen LogP contribution in [0, 0.1) is 5.41 Å². The third-order valence-corrected chi connectivity index (χ3v) is 6.26. The SMILES string of the molecule is Cn1ccc(-c2cc3c(c4cc[nH]c24)C[C@@H](C(C)(C)C)n2cc(C(=O)O)c(=O)cc2-3)n1. The van der Waals surface area contributed by atoms with Crippen molar-refractivity contribution in [2.45, 2.75) is 33.2 Å². The summed E-state index contributed by atoms with van der Waals surface area (Å²) in [5, 5.41) is 15.2. The summed E-state index contributed by atoms with van der Waals surface area (Å²) >= 11 is 0. The van der Waals surface area contributed by atoms with Crippen LogP contribution in [0.5, 0.6) is 0 Å². The summed E-state index contributed by atoms with van der Waals surface area (Å²) < 4.78 is 3.74. The molecule has 0 saturated carbocycles. The number of aromatic amines is 1. The number of nitrogens with one attached hydrogen (secondary N) is 1. The van der Waals surface area contributed by atoms with Gasteiger partial charge in [-0.3, -0.25) is 9.48 Å². The Kier molecular flexibility index (Phi) is 4.02. The highest BCUT2D eigenvalue weighted by Gasteiger charge is 2.35. The molecule has 4 heterocycles. The third-order valence-electron chi connectivity index (χ3n) is 6.26. The predicted molar refractivity (Wildman–Crippen MR) is 119 cm³/mol. The minimum Gasteiger partial charge on any atom is -0.477 e. The Hall–Kier alpha value is -3.61. The van der Waals surface area contributed by atoms with Crippen molar-refractivity contribution in [2.75, 3.05) is 0 Å². The van der Waals surface area contributed by atoms with E-state index in [1.54, 1.807) is 4.68 Å². The van der Waals surface area contributed by atoms with E-state index in [0.29, 0.717) is 0 Å². The fourth-order valence-electron chi connectivity index (χ4n) is 4.70. The highest BCUT2D eigenvalue weighted by Crippen LogP contribution is 2.46. The van der Waals surface area contributed by atoms with E-state index in [0.717, 1.165) is 39.8 Å². The maximum Gasteiger partial charge on any atom is 0.341 e. The second-order valence-electron chi connectivity index (χ2n) is 9.33. The lowest BCUT2D eigenvalue weighted by Gasteiger charge is -2.39. The molecule has 1 atom stereocenters. The van der Waals surface area contributed by atoms with E-state index in [9.17, 15) is 14.7 Å². The Morgan fingerprint density at radius 1 is 1.23 bits per heavy atom. The number of aromatic carboxylic acids is 1. The molecule has 5 rings (SSSR count). The molecule has 0 saturated heterocycles. The van der Waals surface area contributed by atoms with Crippen LogP contribution in [0.3, 0.4) is 0 Å². The van der Waals surface area contributed by atoms with Gasteiger partial charge >= 0.3 is 5.97 Å². The van der Waals surface area contributed by atoms with Gasteiger partial charge in [0.15, 0.2) is 5.43 Å². The lowest BCUT2D eigenvalue weighted by Crippen LogP contribution is -2.33. The van der Waals surface area contributed by atoms with E-state index in [1.165, 1.54) is 17.8 Å². The first-order valence-corrected chi connectivity index (χ1v) is 10.3. The minimum absolute atomic E-state index is 0.00694. The number of hydrogen-bond acceptors (Lipinski definition) is 3. The number of pyridine rings is 1. The predicted octanol–water partition coefficient (Wildman–Crippen LogP) is 4.24. The van der Waals surface area contributed by atoms with Crippen molar-refractivity contribution >= 4 is 16.9 Å². The lowest BCUT2D eigenvalue weighted by molar-refractivity contribution is 0.0693. The van der Waals surface area contributed by atoms with Gasteiger partial charge in [-0.1, -0.05) is 20.8 Å². The Morgan fingerprint density at radius 3 is 2.65 bits per heavy atom. The fraction of sp³-hybridized carbons (Fsp3) is 0.292. The quantitative estimate of drug-likeness (QED) is 0.511. The number of aromatic nitrogens is 4. The smallest absolute Gasteiger partial charge is 0.341 e. The Labute approximate surface area is 179 Å². The Balaban J connectivity index is 1.87. The standard InChI is InChI=1S/C24H24N4O3/c1-24(2,3)21-10-14-13-5-7-25-22(13)16(18-6-8-27(4)26-18)9-15(14)19-11-20(29)17(23(30)31)12-28(19)21/h5-9,11-12,21,25H,10H2,1-4H3,(H,30,31)/t21-/m0/s1. The molecule has 2 N–H and O–H groups in total. The van der Waals surface area contributed by atoms with Crippen molar-refractivity contribution in [3.8, 4) is 22.5 Å². The van der Waals surface area contributed by atoms with Crippen molar-refractivity contribution in [3.63, 3.8) is 0 Å². The van der Waals surface area contributed by atoms with Crippen LogP contribution in [-0.2, 0) is 13.5 Å². The molecule has 0 bridgehead atoms. The van der Waals surface area contributed by atoms with E-state index in [1.807, 2.05) is 30.1 Å². The molecular weight excluding hydrogens is 392 g/mol. The topological polar surface area (TPSA) is 92.9 Å². The van der Waals surface area contributed by atoms with Crippen LogP contribution in [0.4, 0.5) is 0 Å². The highest BCUT2D eigenvalue weighted by molar-refractivity contribution is 6.00. The number of benzene rings is 1. The number of carboxylic acid groups (broad SMARTS) is 1. The van der Waals surface area contributed by atoms with E-state index >= 15 is 0 Å². The maximum atomic E-state index is 12.7. The van der Waals surface area contributed by atoms with Crippen molar-refractivity contribution in [3.05, 3.63) is 64.2 Å². The number of hydrogen-bond donors (Lipinski definition) is 2. The second-order valence-corrected chi connectivity index (χ2v) is 9.33. The molecule has 7 nitrogen and oxygen atoms in total. The van der Waals surface area contributed by atoms with Crippen LogP contribution < -0.4 is 5.43 Å². The molecule has 1 aliphatic rings. The van der Waals surface area contributed by atoms with Gasteiger partial charge < -0.3 is 14.7 Å². The largest absolute Gasteiger partial charge is 0.477 e. The van der Waals surface area contributed by atoms with E-state index in [-0.39, 0.29) is 17.0 Å². The highest BCUT2D eigenvalue weighted by atomic mass is 16.4. The van der Waals surface area contributed by atoms with Crippen LogP contribution in [0.1, 0.15) is 42.7 Å². The van der Waals surface area contributed by atoms with Gasteiger partial charge in [-0.05, 0) is 35.6 Å². The molecule has 0 unspecified atom stereocenters. The van der Waals surface area contributed by atoms with Crippen LogP contribution >= 0.6 is 0 Å². The van der Waals surface area contributed by atoms with E-state index in [4.69, 9.17) is 0 Å². The molecule has 0 amide bonds. The van der Waals surface area contributed by atoms with Gasteiger partial charge in [0.05, 0.1) is 16.9 Å². The maximum absolute atomic E-state index is 12.7. The molecule has 158 valence electrons. The molecule has 31 heavy (non-hydrogen) atoms. The Morgan fingerprint density at radius 2 is 2.00 bits per heavy atom. The summed E-state index contributed by atoms with van der Waals surface area (Å²) in [6, 6.07) is 7.58. The van der Waals surface area contributed by atoms with Gasteiger partial charge in [-0.15, -0.1) is 0 Å². The van der Waals surface area contributed by atoms with Gasteiger partial charge in [0, 0.05) is 54.3 Å². The molecule has 4 aromatic rings. The number of rotatable bonds is 2. The van der Waals surface area contributed by atoms with Gasteiger partial charge in [0.25, 0.3) is 0 Å². The molecule has 1 aliphatic heterocycles. The second kappa shape index (κ2) is 6.44. The third kappa shape index (κ3) is 2.91. The van der Waals surface area contributed by atoms with Gasteiger partial charge in [0.1, 0.15) is 5.56 Å². The molecule has 3 aromatic heterocycles. The first kappa shape index (κ1) is 19.4. The number of nitrogens with zero attached hydrogens (tertiary/aromatic N) is 3. The summed E-state index contributed by atoms with van der Waals surface area (Å²) in [6.45, 7) is 6.42. The van der Waals surface area contributed by atoms with Crippen LogP contribution in [0.15, 0.2) is 47.7 Å². The molecule has 7 heteroatoms. The van der Waals surface area contributed by atoms with Crippen LogP contribution in [-0.4, -0.2) is 30.4 Å². The van der Waals surface area contributed by atoms with Crippen molar-refractivity contribution in [1.82, 2.24) is 19.3 Å². The zero-order chi connectivity index (χ0) is 22.1. The normalized spacial score (nSPS) is 15.7. The molecule has 0 spiro atoms. The van der Waals surface area contributed by atoms with Crippen LogP contribution in [0.2, 0.25) is 0 Å². The summed E-state index contributed by atoms with van der Waals surface area (Å²) in [5.74, 6) is -1.20. The average Bonchev–Trinajstić information content (AvgIpc) is 3.34. The fourth-order valence-corrected chi connectivity index (χ4v) is 4.70. The molecule has 0 fully saturated rings. The first-order valence-electron chi connectivity index (χ1n) is 10.3. The molecule has 1 aromatic carbocycles. The van der Waals surface area contributed by atoms with Gasteiger partial charge in [-0.2, -0.15) is 5.10 Å². The van der Waals surface area contributed by atoms with Crippen molar-refractivity contribution in [2.24, 2.45) is 12.5 Å². The van der Waals surface area contributed by atoms with Crippen molar-refractivity contribution in [1.29, 1.82) is 0 Å². The minimum atomic E-state index is -1.20. The molecule has 0 radical (unpaired) electrons. The van der Waals surface area contributed by atoms with Gasteiger partial charge in [-0.25, -0.2) is 4.79 Å². The van der Waals surface area contributed by atoms with Crippen LogP contribution in [0.25, 0.3) is 33.4 Å². The molecular formula is C24H24N4O3. The van der Waals surface area contributed by atoms with E-state index < -0.39 is 11.4 Å². The zero-order valence-electron chi connectivity index (χ0n) is 17.9.